The van der Waals surface area contributed by atoms with Crippen LogP contribution in [0.5, 0.6) is 0 Å². The van der Waals surface area contributed by atoms with Crippen LogP contribution in [-0.2, 0) is 11.3 Å². The number of hydrogen-bond acceptors (Lipinski definition) is 2. The molecule has 3 heteroatoms. The van der Waals surface area contributed by atoms with Crippen molar-refractivity contribution in [1.82, 2.24) is 5.32 Å². The van der Waals surface area contributed by atoms with Gasteiger partial charge in [0, 0.05) is 5.56 Å². The van der Waals surface area contributed by atoms with Gasteiger partial charge < -0.3 is 10.1 Å². The monoisotopic (exact) mass is 329 g/mol. The van der Waals surface area contributed by atoms with Gasteiger partial charge in [0.2, 0.25) is 0 Å². The van der Waals surface area contributed by atoms with Gasteiger partial charge in [-0.25, -0.2) is 4.79 Å². The van der Waals surface area contributed by atoms with Gasteiger partial charge in [-0.05, 0) is 34.9 Å². The molecule has 0 spiro atoms. The molecule has 3 aromatic rings. The van der Waals surface area contributed by atoms with Gasteiger partial charge in [0.25, 0.3) is 0 Å². The average molecular weight is 329 g/mol. The van der Waals surface area contributed by atoms with Gasteiger partial charge in [0.05, 0.1) is 6.54 Å². The maximum Gasteiger partial charge on any atom is 0.408 e. The summed E-state index contributed by atoms with van der Waals surface area (Å²) in [6.07, 6.45) is -0.466. The van der Waals surface area contributed by atoms with E-state index in [1.165, 1.54) is 10.9 Å². The zero-order valence-corrected chi connectivity index (χ0v) is 14.1. The first kappa shape index (κ1) is 16.6. The van der Waals surface area contributed by atoms with E-state index in [1.54, 1.807) is 0 Å². The van der Waals surface area contributed by atoms with Crippen molar-refractivity contribution in [3.05, 3.63) is 83.4 Å². The van der Waals surface area contributed by atoms with Crippen molar-refractivity contribution in [3.63, 3.8) is 0 Å². The van der Waals surface area contributed by atoms with E-state index in [-0.39, 0.29) is 13.2 Å². The molecule has 0 saturated carbocycles. The second kappa shape index (κ2) is 8.03. The third-order valence-electron chi connectivity index (χ3n) is 3.90. The standard InChI is InChI=1S/C22H19NO2/c1-17-13-14-19(21-12-6-5-11-20(17)21)10-7-15-23-22(24)25-16-18-8-3-2-4-9-18/h2-6,8-9,11-14H,15-16H2,1H3,(H,23,24). The van der Waals surface area contributed by atoms with Gasteiger partial charge in [-0.3, -0.25) is 0 Å². The number of fused-ring (bicyclic) bond motifs is 1. The zero-order chi connectivity index (χ0) is 17.5. The predicted molar refractivity (Wildman–Crippen MR) is 100 cm³/mol. The summed E-state index contributed by atoms with van der Waals surface area (Å²) in [6.45, 7) is 2.59. The van der Waals surface area contributed by atoms with Crippen LogP contribution in [-0.4, -0.2) is 12.6 Å². The minimum absolute atomic E-state index is 0.246. The van der Waals surface area contributed by atoms with Crippen LogP contribution in [0, 0.1) is 18.8 Å². The van der Waals surface area contributed by atoms with Crippen LogP contribution in [0.1, 0.15) is 16.7 Å². The largest absolute Gasteiger partial charge is 0.445 e. The van der Waals surface area contributed by atoms with Crippen molar-refractivity contribution in [3.8, 4) is 11.8 Å². The fourth-order valence-electron chi connectivity index (χ4n) is 2.59. The van der Waals surface area contributed by atoms with E-state index < -0.39 is 6.09 Å². The Morgan fingerprint density at radius 2 is 1.68 bits per heavy atom. The highest BCUT2D eigenvalue weighted by atomic mass is 16.5. The summed E-state index contributed by atoms with van der Waals surface area (Å²) in [5.74, 6) is 6.10. The molecular weight excluding hydrogens is 310 g/mol. The quantitative estimate of drug-likeness (QED) is 0.722. The molecule has 124 valence electrons. The normalized spacial score (nSPS) is 9.96. The molecule has 0 fully saturated rings. The summed E-state index contributed by atoms with van der Waals surface area (Å²) in [7, 11) is 0. The van der Waals surface area contributed by atoms with Crippen LogP contribution < -0.4 is 5.32 Å². The summed E-state index contributed by atoms with van der Waals surface area (Å²) < 4.78 is 5.15. The van der Waals surface area contributed by atoms with E-state index in [0.717, 1.165) is 16.5 Å². The van der Waals surface area contributed by atoms with Crippen LogP contribution in [0.2, 0.25) is 0 Å². The third kappa shape index (κ3) is 4.39. The number of carbonyl (C=O) groups is 1. The van der Waals surface area contributed by atoms with Gasteiger partial charge in [-0.1, -0.05) is 72.5 Å². The molecule has 0 aliphatic heterocycles. The molecule has 0 aromatic heterocycles. The van der Waals surface area contributed by atoms with Gasteiger partial charge >= 0.3 is 6.09 Å². The second-order valence-electron chi connectivity index (χ2n) is 5.69. The van der Waals surface area contributed by atoms with E-state index in [0.29, 0.717) is 0 Å². The Morgan fingerprint density at radius 3 is 2.48 bits per heavy atom. The highest BCUT2D eigenvalue weighted by Crippen LogP contribution is 2.21. The Morgan fingerprint density at radius 1 is 0.960 bits per heavy atom. The number of carbonyl (C=O) groups excluding carboxylic acids is 1. The fourth-order valence-corrected chi connectivity index (χ4v) is 2.59. The highest BCUT2D eigenvalue weighted by molar-refractivity contribution is 5.90. The molecule has 3 rings (SSSR count). The Labute approximate surface area is 147 Å². The van der Waals surface area contributed by atoms with Gasteiger partial charge in [0.1, 0.15) is 6.61 Å². The minimum Gasteiger partial charge on any atom is -0.445 e. The first-order valence-corrected chi connectivity index (χ1v) is 8.16. The maximum absolute atomic E-state index is 11.7. The molecule has 0 unspecified atom stereocenters. The summed E-state index contributed by atoms with van der Waals surface area (Å²) >= 11 is 0. The molecule has 1 amide bonds. The summed E-state index contributed by atoms with van der Waals surface area (Å²) in [5, 5.41) is 4.97. The Bertz CT molecular complexity index is 936. The molecule has 0 heterocycles. The topological polar surface area (TPSA) is 38.3 Å². The summed E-state index contributed by atoms with van der Waals surface area (Å²) in [6, 6.07) is 21.8. The van der Waals surface area contributed by atoms with E-state index >= 15 is 0 Å². The predicted octanol–water partition coefficient (Wildman–Crippen LogP) is 4.43. The molecule has 3 aromatic carbocycles. The molecular formula is C22H19NO2. The van der Waals surface area contributed by atoms with Crippen molar-refractivity contribution in [2.75, 3.05) is 6.54 Å². The van der Waals surface area contributed by atoms with Crippen molar-refractivity contribution in [2.45, 2.75) is 13.5 Å². The van der Waals surface area contributed by atoms with Crippen LogP contribution in [0.4, 0.5) is 4.79 Å². The number of aryl methyl sites for hydroxylation is 1. The van der Waals surface area contributed by atoms with Crippen LogP contribution in [0.15, 0.2) is 66.7 Å². The molecule has 1 N–H and O–H groups in total. The lowest BCUT2D eigenvalue weighted by atomic mass is 10.0. The molecule has 0 atom stereocenters. The minimum atomic E-state index is -0.466. The first-order chi connectivity index (χ1) is 12.2. The number of nitrogens with one attached hydrogen (secondary N) is 1. The molecule has 0 aliphatic carbocycles. The van der Waals surface area contributed by atoms with Crippen molar-refractivity contribution >= 4 is 16.9 Å². The molecule has 25 heavy (non-hydrogen) atoms. The summed E-state index contributed by atoms with van der Waals surface area (Å²) in [4.78, 5) is 11.7. The molecule has 3 nitrogen and oxygen atoms in total. The van der Waals surface area contributed by atoms with Crippen LogP contribution in [0.25, 0.3) is 10.8 Å². The molecule has 0 aliphatic rings. The van der Waals surface area contributed by atoms with Crippen LogP contribution >= 0.6 is 0 Å². The average Bonchev–Trinajstić information content (AvgIpc) is 2.66. The van der Waals surface area contributed by atoms with E-state index in [2.05, 4.69) is 42.3 Å². The van der Waals surface area contributed by atoms with E-state index in [4.69, 9.17) is 4.74 Å². The highest BCUT2D eigenvalue weighted by Gasteiger charge is 2.02. The Balaban J connectivity index is 1.56. The molecule has 0 radical (unpaired) electrons. The smallest absolute Gasteiger partial charge is 0.408 e. The van der Waals surface area contributed by atoms with Crippen molar-refractivity contribution < 1.29 is 9.53 Å². The lowest BCUT2D eigenvalue weighted by molar-refractivity contribution is 0.141. The second-order valence-corrected chi connectivity index (χ2v) is 5.69. The number of hydrogen-bond donors (Lipinski definition) is 1. The number of ether oxygens (including phenoxy) is 1. The fraction of sp³-hybridized carbons (Fsp3) is 0.136. The van der Waals surface area contributed by atoms with Gasteiger partial charge in [-0.2, -0.15) is 0 Å². The lowest BCUT2D eigenvalue weighted by Gasteiger charge is -2.05. The number of alkyl carbamates (subject to hydrolysis) is 1. The first-order valence-electron chi connectivity index (χ1n) is 8.16. The van der Waals surface area contributed by atoms with Gasteiger partial charge in [0.15, 0.2) is 0 Å². The lowest BCUT2D eigenvalue weighted by Crippen LogP contribution is -2.24. The Hall–Kier alpha value is -3.25. The van der Waals surface area contributed by atoms with Gasteiger partial charge in [-0.15, -0.1) is 0 Å². The third-order valence-corrected chi connectivity index (χ3v) is 3.90. The van der Waals surface area contributed by atoms with Crippen molar-refractivity contribution in [1.29, 1.82) is 0 Å². The zero-order valence-electron chi connectivity index (χ0n) is 14.1. The molecule has 0 bridgehead atoms. The Kier molecular flexibility index (Phi) is 5.33. The molecule has 0 saturated heterocycles. The van der Waals surface area contributed by atoms with E-state index in [9.17, 15) is 4.79 Å². The van der Waals surface area contributed by atoms with E-state index in [1.807, 2.05) is 48.5 Å². The number of amides is 1. The number of benzene rings is 3. The maximum atomic E-state index is 11.7. The summed E-state index contributed by atoms with van der Waals surface area (Å²) in [5.41, 5.74) is 3.14. The van der Waals surface area contributed by atoms with Crippen LogP contribution in [0.3, 0.4) is 0 Å². The van der Waals surface area contributed by atoms with Crippen molar-refractivity contribution in [2.24, 2.45) is 0 Å². The SMILES string of the molecule is Cc1ccc(C#CCNC(=O)OCc2ccccc2)c2ccccc12. The number of rotatable bonds is 3.